The average molecular weight is 409 g/mol. The standard InChI is InChI=1S/C23H24FN3O3/c24-21-9-2-1-8-20(21)23(29)27-13-11-26(12-14-27)22(28)10-3-4-15-30-19-7-5-6-18(16-19)17-25/h1-2,5-9,16H,3-4,10-15H2. The van der Waals surface area contributed by atoms with Gasteiger partial charge in [0, 0.05) is 32.6 Å². The van der Waals surface area contributed by atoms with Crippen LogP contribution in [0.5, 0.6) is 5.75 Å². The Hall–Kier alpha value is -3.40. The molecule has 0 spiro atoms. The topological polar surface area (TPSA) is 73.6 Å². The Kier molecular flexibility index (Phi) is 7.39. The Balaban J connectivity index is 1.36. The third kappa shape index (κ3) is 5.57. The van der Waals surface area contributed by atoms with Crippen molar-refractivity contribution in [3.8, 4) is 11.8 Å². The average Bonchev–Trinajstić information content (AvgIpc) is 2.79. The van der Waals surface area contributed by atoms with E-state index in [-0.39, 0.29) is 17.4 Å². The van der Waals surface area contributed by atoms with Gasteiger partial charge in [0.25, 0.3) is 5.91 Å². The number of piperazine rings is 1. The van der Waals surface area contributed by atoms with Gasteiger partial charge in [-0.25, -0.2) is 4.39 Å². The lowest BCUT2D eigenvalue weighted by Gasteiger charge is -2.35. The molecule has 1 aliphatic rings. The van der Waals surface area contributed by atoms with Crippen LogP contribution in [0.25, 0.3) is 0 Å². The van der Waals surface area contributed by atoms with Crippen LogP contribution in [0.3, 0.4) is 0 Å². The first-order valence-corrected chi connectivity index (χ1v) is 10.0. The summed E-state index contributed by atoms with van der Waals surface area (Å²) in [6, 6.07) is 15.0. The van der Waals surface area contributed by atoms with Gasteiger partial charge in [-0.15, -0.1) is 0 Å². The lowest BCUT2D eigenvalue weighted by molar-refractivity contribution is -0.132. The zero-order valence-corrected chi connectivity index (χ0v) is 16.7. The number of benzene rings is 2. The number of unbranched alkanes of at least 4 members (excludes halogenated alkanes) is 1. The summed E-state index contributed by atoms with van der Waals surface area (Å²) in [5.41, 5.74) is 0.618. The molecule has 0 aromatic heterocycles. The van der Waals surface area contributed by atoms with E-state index in [1.807, 2.05) is 0 Å². The number of nitrogens with zero attached hydrogens (tertiary/aromatic N) is 3. The molecule has 1 aliphatic heterocycles. The van der Waals surface area contributed by atoms with Crippen molar-refractivity contribution in [2.75, 3.05) is 32.8 Å². The van der Waals surface area contributed by atoms with Crippen molar-refractivity contribution in [2.24, 2.45) is 0 Å². The van der Waals surface area contributed by atoms with Crippen LogP contribution < -0.4 is 4.74 Å². The van der Waals surface area contributed by atoms with Crippen molar-refractivity contribution < 1.29 is 18.7 Å². The number of halogens is 1. The number of rotatable bonds is 7. The molecule has 0 bridgehead atoms. The van der Waals surface area contributed by atoms with Gasteiger partial charge in [-0.3, -0.25) is 9.59 Å². The fourth-order valence-corrected chi connectivity index (χ4v) is 3.35. The number of hydrogen-bond acceptors (Lipinski definition) is 4. The first-order valence-electron chi connectivity index (χ1n) is 10.0. The maximum absolute atomic E-state index is 13.8. The largest absolute Gasteiger partial charge is 0.494 e. The first kappa shape index (κ1) is 21.3. The second kappa shape index (κ2) is 10.4. The van der Waals surface area contributed by atoms with Gasteiger partial charge in [0.05, 0.1) is 23.8 Å². The number of nitriles is 1. The maximum Gasteiger partial charge on any atom is 0.256 e. The molecule has 2 aromatic rings. The smallest absolute Gasteiger partial charge is 0.256 e. The van der Waals surface area contributed by atoms with Crippen LogP contribution in [0, 0.1) is 17.1 Å². The summed E-state index contributed by atoms with van der Waals surface area (Å²) < 4.78 is 19.4. The number of carbonyl (C=O) groups excluding carboxylic acids is 2. The second-order valence-electron chi connectivity index (χ2n) is 7.10. The van der Waals surface area contributed by atoms with Gasteiger partial charge >= 0.3 is 0 Å². The van der Waals surface area contributed by atoms with Crippen molar-refractivity contribution in [3.63, 3.8) is 0 Å². The zero-order chi connectivity index (χ0) is 21.3. The third-order valence-corrected chi connectivity index (χ3v) is 5.04. The Morgan fingerprint density at radius 2 is 1.73 bits per heavy atom. The molecule has 0 radical (unpaired) electrons. The van der Waals surface area contributed by atoms with Crippen LogP contribution in [0.1, 0.15) is 35.2 Å². The zero-order valence-electron chi connectivity index (χ0n) is 16.7. The lowest BCUT2D eigenvalue weighted by atomic mass is 10.1. The minimum atomic E-state index is -0.525. The second-order valence-corrected chi connectivity index (χ2v) is 7.10. The van der Waals surface area contributed by atoms with E-state index in [0.717, 1.165) is 6.42 Å². The van der Waals surface area contributed by atoms with Crippen LogP contribution in [0.15, 0.2) is 48.5 Å². The fraction of sp³-hybridized carbons (Fsp3) is 0.348. The van der Waals surface area contributed by atoms with Gasteiger partial charge in [-0.05, 0) is 43.2 Å². The van der Waals surface area contributed by atoms with Gasteiger partial charge in [0.1, 0.15) is 11.6 Å². The molecule has 0 unspecified atom stereocenters. The van der Waals surface area contributed by atoms with E-state index in [9.17, 15) is 14.0 Å². The molecule has 0 atom stereocenters. The van der Waals surface area contributed by atoms with Gasteiger partial charge in [0.2, 0.25) is 5.91 Å². The molecule has 2 amide bonds. The molecule has 3 rings (SSSR count). The number of carbonyl (C=O) groups is 2. The van der Waals surface area contributed by atoms with E-state index in [1.165, 1.54) is 12.1 Å². The molecule has 1 fully saturated rings. The predicted molar refractivity (Wildman–Crippen MR) is 109 cm³/mol. The van der Waals surface area contributed by atoms with Crippen LogP contribution in [0.4, 0.5) is 4.39 Å². The Bertz CT molecular complexity index is 933. The van der Waals surface area contributed by atoms with Crippen LogP contribution in [-0.2, 0) is 4.79 Å². The maximum atomic E-state index is 13.8. The highest BCUT2D eigenvalue weighted by atomic mass is 19.1. The molecule has 0 aliphatic carbocycles. The Morgan fingerprint density at radius 1 is 1.00 bits per heavy atom. The van der Waals surface area contributed by atoms with Gasteiger partial charge < -0.3 is 14.5 Å². The Labute approximate surface area is 175 Å². The van der Waals surface area contributed by atoms with E-state index in [4.69, 9.17) is 10.00 Å². The van der Waals surface area contributed by atoms with Crippen molar-refractivity contribution in [2.45, 2.75) is 19.3 Å². The molecule has 1 saturated heterocycles. The SMILES string of the molecule is N#Cc1cccc(OCCCCC(=O)N2CCN(C(=O)c3ccccc3F)CC2)c1. The van der Waals surface area contributed by atoms with Crippen molar-refractivity contribution in [3.05, 3.63) is 65.5 Å². The summed E-state index contributed by atoms with van der Waals surface area (Å²) in [5, 5.41) is 8.89. The summed E-state index contributed by atoms with van der Waals surface area (Å²) >= 11 is 0. The molecule has 30 heavy (non-hydrogen) atoms. The number of hydrogen-bond donors (Lipinski definition) is 0. The summed E-state index contributed by atoms with van der Waals surface area (Å²) in [6.07, 6.45) is 1.85. The molecule has 6 nitrogen and oxygen atoms in total. The summed E-state index contributed by atoms with van der Waals surface area (Å²) in [5.74, 6) is -0.157. The van der Waals surface area contributed by atoms with Crippen molar-refractivity contribution >= 4 is 11.8 Å². The molecule has 156 valence electrons. The van der Waals surface area contributed by atoms with Crippen LogP contribution in [0.2, 0.25) is 0 Å². The molecule has 2 aromatic carbocycles. The van der Waals surface area contributed by atoms with E-state index in [0.29, 0.717) is 56.9 Å². The number of amides is 2. The normalized spacial score (nSPS) is 13.6. The highest BCUT2D eigenvalue weighted by molar-refractivity contribution is 5.94. The minimum Gasteiger partial charge on any atom is -0.494 e. The van der Waals surface area contributed by atoms with Crippen molar-refractivity contribution in [1.82, 2.24) is 9.80 Å². The van der Waals surface area contributed by atoms with Gasteiger partial charge in [-0.1, -0.05) is 18.2 Å². The molecule has 0 N–H and O–H groups in total. The fourth-order valence-electron chi connectivity index (χ4n) is 3.35. The van der Waals surface area contributed by atoms with E-state index >= 15 is 0 Å². The molecule has 0 saturated carbocycles. The molecular weight excluding hydrogens is 385 g/mol. The third-order valence-electron chi connectivity index (χ3n) is 5.04. The quantitative estimate of drug-likeness (QED) is 0.658. The van der Waals surface area contributed by atoms with Crippen LogP contribution in [-0.4, -0.2) is 54.4 Å². The van der Waals surface area contributed by atoms with Gasteiger partial charge in [-0.2, -0.15) is 5.26 Å². The summed E-state index contributed by atoms with van der Waals surface area (Å²) in [4.78, 5) is 28.2. The first-order chi connectivity index (χ1) is 14.6. The monoisotopic (exact) mass is 409 g/mol. The summed E-state index contributed by atoms with van der Waals surface area (Å²) in [7, 11) is 0. The van der Waals surface area contributed by atoms with E-state index < -0.39 is 5.82 Å². The molecule has 7 heteroatoms. The minimum absolute atomic E-state index is 0.0551. The van der Waals surface area contributed by atoms with Gasteiger partial charge in [0.15, 0.2) is 0 Å². The van der Waals surface area contributed by atoms with Crippen LogP contribution >= 0.6 is 0 Å². The highest BCUT2D eigenvalue weighted by Crippen LogP contribution is 2.15. The van der Waals surface area contributed by atoms with E-state index in [2.05, 4.69) is 6.07 Å². The lowest BCUT2D eigenvalue weighted by Crippen LogP contribution is -2.50. The summed E-state index contributed by atoms with van der Waals surface area (Å²) in [6.45, 7) is 2.19. The molecular formula is C23H24FN3O3. The van der Waals surface area contributed by atoms with E-state index in [1.54, 1.807) is 46.2 Å². The predicted octanol–water partition coefficient (Wildman–Crippen LogP) is 3.23. The Morgan fingerprint density at radius 3 is 2.47 bits per heavy atom. The molecule has 1 heterocycles. The number of ether oxygens (including phenoxy) is 1. The highest BCUT2D eigenvalue weighted by Gasteiger charge is 2.25. The van der Waals surface area contributed by atoms with Crippen molar-refractivity contribution in [1.29, 1.82) is 5.26 Å².